The minimum atomic E-state index is 0.474. The second-order valence-corrected chi connectivity index (χ2v) is 4.57. The summed E-state index contributed by atoms with van der Waals surface area (Å²) >= 11 is 0. The van der Waals surface area contributed by atoms with Gasteiger partial charge in [-0.05, 0) is 30.2 Å². The van der Waals surface area contributed by atoms with Crippen LogP contribution in [-0.2, 0) is 6.54 Å². The molecule has 0 aliphatic rings. The molecule has 1 aromatic heterocycles. The number of nitrogens with two attached hydrogens (primary N) is 1. The van der Waals surface area contributed by atoms with Crippen molar-refractivity contribution in [2.75, 3.05) is 6.61 Å². The molecule has 1 aromatic carbocycles. The number of aromatic nitrogens is 1. The molecule has 2 N–H and O–H groups in total. The van der Waals surface area contributed by atoms with Crippen LogP contribution < -0.4 is 10.5 Å². The highest BCUT2D eigenvalue weighted by Gasteiger charge is 2.01. The van der Waals surface area contributed by atoms with E-state index in [1.807, 2.05) is 30.3 Å². The summed E-state index contributed by atoms with van der Waals surface area (Å²) in [6, 6.07) is 9.94. The van der Waals surface area contributed by atoms with Gasteiger partial charge in [-0.1, -0.05) is 19.9 Å². The Hall–Kier alpha value is -1.61. The first-order valence-electron chi connectivity index (χ1n) is 5.91. The molecule has 3 nitrogen and oxygen atoms in total. The van der Waals surface area contributed by atoms with Crippen LogP contribution in [-0.4, -0.2) is 11.6 Å². The molecule has 90 valence electrons. The minimum absolute atomic E-state index is 0.474. The molecule has 0 bridgehead atoms. The van der Waals surface area contributed by atoms with Gasteiger partial charge in [-0.25, -0.2) is 0 Å². The van der Waals surface area contributed by atoms with Crippen LogP contribution >= 0.6 is 0 Å². The van der Waals surface area contributed by atoms with Gasteiger partial charge >= 0.3 is 0 Å². The van der Waals surface area contributed by atoms with E-state index in [4.69, 9.17) is 10.5 Å². The van der Waals surface area contributed by atoms with E-state index in [0.29, 0.717) is 12.5 Å². The van der Waals surface area contributed by atoms with Gasteiger partial charge in [0.2, 0.25) is 0 Å². The molecule has 1 heterocycles. The van der Waals surface area contributed by atoms with E-state index < -0.39 is 0 Å². The van der Waals surface area contributed by atoms with Crippen LogP contribution in [0.1, 0.15) is 19.5 Å². The molecular weight excluding hydrogens is 212 g/mol. The average molecular weight is 230 g/mol. The average Bonchev–Trinajstić information content (AvgIpc) is 2.35. The van der Waals surface area contributed by atoms with Crippen molar-refractivity contribution in [2.24, 2.45) is 11.7 Å². The highest BCUT2D eigenvalue weighted by atomic mass is 16.5. The fourth-order valence-corrected chi connectivity index (χ4v) is 1.61. The first kappa shape index (κ1) is 11.9. The fraction of sp³-hybridized carbons (Fsp3) is 0.357. The molecule has 0 spiro atoms. The predicted molar refractivity (Wildman–Crippen MR) is 70.0 cm³/mol. The summed E-state index contributed by atoms with van der Waals surface area (Å²) in [4.78, 5) is 4.45. The van der Waals surface area contributed by atoms with E-state index in [1.165, 1.54) is 0 Å². The molecule has 2 aromatic rings. The van der Waals surface area contributed by atoms with E-state index >= 15 is 0 Å². The normalized spacial score (nSPS) is 11.1. The van der Waals surface area contributed by atoms with Gasteiger partial charge in [0.1, 0.15) is 5.75 Å². The molecule has 3 heteroatoms. The molecule has 0 saturated carbocycles. The van der Waals surface area contributed by atoms with Crippen LogP contribution in [0.4, 0.5) is 0 Å². The number of fused-ring (bicyclic) bond motifs is 1. The van der Waals surface area contributed by atoms with Crippen molar-refractivity contribution in [2.45, 2.75) is 20.4 Å². The molecule has 0 radical (unpaired) electrons. The molecule has 2 rings (SSSR count). The third-order valence-corrected chi connectivity index (χ3v) is 2.51. The number of ether oxygens (including phenoxy) is 1. The zero-order valence-electron chi connectivity index (χ0n) is 10.3. The van der Waals surface area contributed by atoms with E-state index in [1.54, 1.807) is 0 Å². The monoisotopic (exact) mass is 230 g/mol. The fourth-order valence-electron chi connectivity index (χ4n) is 1.61. The molecule has 17 heavy (non-hydrogen) atoms. The maximum Gasteiger partial charge on any atom is 0.120 e. The molecule has 0 aliphatic heterocycles. The van der Waals surface area contributed by atoms with Crippen molar-refractivity contribution < 1.29 is 4.74 Å². The smallest absolute Gasteiger partial charge is 0.120 e. The van der Waals surface area contributed by atoms with E-state index in [9.17, 15) is 0 Å². The van der Waals surface area contributed by atoms with Crippen molar-refractivity contribution in [1.29, 1.82) is 0 Å². The Morgan fingerprint density at radius 1 is 1.24 bits per heavy atom. The summed E-state index contributed by atoms with van der Waals surface area (Å²) in [6.07, 6.45) is 0. The van der Waals surface area contributed by atoms with E-state index in [-0.39, 0.29) is 0 Å². The van der Waals surface area contributed by atoms with E-state index in [2.05, 4.69) is 18.8 Å². The lowest BCUT2D eigenvalue weighted by molar-refractivity contribution is 0.271. The quantitative estimate of drug-likeness (QED) is 0.878. The van der Waals surface area contributed by atoms with Gasteiger partial charge < -0.3 is 10.5 Å². The lowest BCUT2D eigenvalue weighted by Crippen LogP contribution is -2.04. The van der Waals surface area contributed by atoms with Gasteiger partial charge in [-0.15, -0.1) is 0 Å². The Morgan fingerprint density at radius 3 is 2.76 bits per heavy atom. The number of hydrogen-bond donors (Lipinski definition) is 1. The summed E-state index contributed by atoms with van der Waals surface area (Å²) in [7, 11) is 0. The molecule has 0 fully saturated rings. The van der Waals surface area contributed by atoms with Crippen LogP contribution in [0, 0.1) is 5.92 Å². The second-order valence-electron chi connectivity index (χ2n) is 4.57. The highest BCUT2D eigenvalue weighted by molar-refractivity contribution is 5.80. The molecule has 0 amide bonds. The number of rotatable bonds is 4. The van der Waals surface area contributed by atoms with Crippen LogP contribution in [0.15, 0.2) is 30.3 Å². The van der Waals surface area contributed by atoms with Crippen LogP contribution in [0.25, 0.3) is 10.9 Å². The summed E-state index contributed by atoms with van der Waals surface area (Å²) in [5.74, 6) is 1.43. The maximum atomic E-state index is 5.68. The molecular formula is C14H18N2O. The summed E-state index contributed by atoms with van der Waals surface area (Å²) in [5, 5.41) is 1.09. The molecule has 0 unspecified atom stereocenters. The predicted octanol–water partition coefficient (Wildman–Crippen LogP) is 2.73. The Bertz CT molecular complexity index is 509. The molecule has 0 saturated heterocycles. The van der Waals surface area contributed by atoms with Crippen molar-refractivity contribution in [3.8, 4) is 5.75 Å². The Labute approximate surface area is 102 Å². The SMILES string of the molecule is CC(C)COc1ccc2nc(CN)ccc2c1. The zero-order valence-corrected chi connectivity index (χ0v) is 10.3. The molecule has 0 atom stereocenters. The largest absolute Gasteiger partial charge is 0.493 e. The van der Waals surface area contributed by atoms with Gasteiger partial charge in [0, 0.05) is 11.9 Å². The van der Waals surface area contributed by atoms with Crippen molar-refractivity contribution >= 4 is 10.9 Å². The topological polar surface area (TPSA) is 48.1 Å². The van der Waals surface area contributed by atoms with Gasteiger partial charge in [0.25, 0.3) is 0 Å². The molecule has 0 aliphatic carbocycles. The third kappa shape index (κ3) is 2.94. The second kappa shape index (κ2) is 5.15. The summed E-state index contributed by atoms with van der Waals surface area (Å²) < 4.78 is 5.68. The van der Waals surface area contributed by atoms with Crippen molar-refractivity contribution in [3.63, 3.8) is 0 Å². The number of pyridine rings is 1. The van der Waals surface area contributed by atoms with Gasteiger partial charge in [0.15, 0.2) is 0 Å². The standard InChI is InChI=1S/C14H18N2O/c1-10(2)9-17-13-5-6-14-11(7-13)3-4-12(8-15)16-14/h3-7,10H,8-9,15H2,1-2H3. The van der Waals surface area contributed by atoms with Crippen LogP contribution in [0.5, 0.6) is 5.75 Å². The summed E-state index contributed by atoms with van der Waals surface area (Å²) in [6.45, 7) is 5.48. The maximum absolute atomic E-state index is 5.68. The summed E-state index contributed by atoms with van der Waals surface area (Å²) in [5.41, 5.74) is 7.44. The van der Waals surface area contributed by atoms with Gasteiger partial charge in [-0.3, -0.25) is 4.98 Å². The first-order valence-corrected chi connectivity index (χ1v) is 5.91. The Kier molecular flexibility index (Phi) is 3.59. The van der Waals surface area contributed by atoms with E-state index in [0.717, 1.165) is 29.0 Å². The van der Waals surface area contributed by atoms with Crippen LogP contribution in [0.2, 0.25) is 0 Å². The van der Waals surface area contributed by atoms with Crippen molar-refractivity contribution in [3.05, 3.63) is 36.0 Å². The van der Waals surface area contributed by atoms with Gasteiger partial charge in [0.05, 0.1) is 17.8 Å². The number of nitrogens with zero attached hydrogens (tertiary/aromatic N) is 1. The first-order chi connectivity index (χ1) is 8.19. The Balaban J connectivity index is 2.25. The highest BCUT2D eigenvalue weighted by Crippen LogP contribution is 2.20. The van der Waals surface area contributed by atoms with Crippen molar-refractivity contribution in [1.82, 2.24) is 4.98 Å². The lowest BCUT2D eigenvalue weighted by Gasteiger charge is -2.09. The zero-order chi connectivity index (χ0) is 12.3. The number of benzene rings is 1. The number of hydrogen-bond acceptors (Lipinski definition) is 3. The third-order valence-electron chi connectivity index (χ3n) is 2.51. The minimum Gasteiger partial charge on any atom is -0.493 e. The lowest BCUT2D eigenvalue weighted by atomic mass is 10.2. The van der Waals surface area contributed by atoms with Gasteiger partial charge in [-0.2, -0.15) is 0 Å². The van der Waals surface area contributed by atoms with Crippen LogP contribution in [0.3, 0.4) is 0 Å². The Morgan fingerprint density at radius 2 is 2.06 bits per heavy atom.